The summed E-state index contributed by atoms with van der Waals surface area (Å²) in [6.07, 6.45) is 0. The molecule has 1 heterocycles. The minimum atomic E-state index is -0.162. The Morgan fingerprint density at radius 3 is 2.52 bits per heavy atom. The molecule has 0 unspecified atom stereocenters. The van der Waals surface area contributed by atoms with Crippen LogP contribution in [-0.2, 0) is 11.3 Å². The number of aryl methyl sites for hydroxylation is 1. The molecule has 0 atom stereocenters. The molecule has 3 aromatic rings. The molecule has 2 aromatic carbocycles. The van der Waals surface area contributed by atoms with Crippen LogP contribution in [0.3, 0.4) is 0 Å². The van der Waals surface area contributed by atoms with Crippen LogP contribution in [0.1, 0.15) is 18.1 Å². The summed E-state index contributed by atoms with van der Waals surface area (Å²) in [6, 6.07) is 17.1. The molecule has 4 heteroatoms. The first kappa shape index (κ1) is 15.0. The molecule has 0 saturated heterocycles. The highest BCUT2D eigenvalue weighted by Crippen LogP contribution is 2.18. The zero-order valence-electron chi connectivity index (χ0n) is 13.2. The number of pyridine rings is 1. The quantitative estimate of drug-likeness (QED) is 0.806. The molecule has 3 rings (SSSR count). The monoisotopic (exact) mass is 306 g/mol. The van der Waals surface area contributed by atoms with E-state index in [0.717, 1.165) is 22.2 Å². The highest BCUT2D eigenvalue weighted by atomic mass is 16.2. The molecule has 23 heavy (non-hydrogen) atoms. The Morgan fingerprint density at radius 2 is 1.83 bits per heavy atom. The lowest BCUT2D eigenvalue weighted by atomic mass is 10.1. The second-order valence-electron chi connectivity index (χ2n) is 5.66. The van der Waals surface area contributed by atoms with E-state index in [1.54, 1.807) is 4.90 Å². The van der Waals surface area contributed by atoms with Crippen LogP contribution in [0.25, 0.3) is 10.9 Å². The lowest BCUT2D eigenvalue weighted by molar-refractivity contribution is -0.116. The largest absolute Gasteiger partial charge is 0.322 e. The Balaban J connectivity index is 2.02. The lowest BCUT2D eigenvalue weighted by Crippen LogP contribution is -2.30. The maximum absolute atomic E-state index is 12.3. The SMILES string of the molecule is CC(=O)N(Cc1cc2ccc(C)cc2[nH]c1=O)c1ccccc1. The van der Waals surface area contributed by atoms with E-state index in [9.17, 15) is 9.59 Å². The van der Waals surface area contributed by atoms with Gasteiger partial charge in [0.25, 0.3) is 5.56 Å². The van der Waals surface area contributed by atoms with E-state index in [0.29, 0.717) is 5.56 Å². The van der Waals surface area contributed by atoms with Crippen molar-refractivity contribution in [2.45, 2.75) is 20.4 Å². The van der Waals surface area contributed by atoms with Crippen molar-refractivity contribution >= 4 is 22.5 Å². The summed E-state index contributed by atoms with van der Waals surface area (Å²) in [4.78, 5) is 28.8. The average Bonchev–Trinajstić information content (AvgIpc) is 2.53. The van der Waals surface area contributed by atoms with Crippen molar-refractivity contribution in [2.24, 2.45) is 0 Å². The molecule has 1 N–H and O–H groups in total. The highest BCUT2D eigenvalue weighted by Gasteiger charge is 2.14. The van der Waals surface area contributed by atoms with Gasteiger partial charge in [0, 0.05) is 23.7 Å². The van der Waals surface area contributed by atoms with Crippen LogP contribution in [0.15, 0.2) is 59.4 Å². The summed E-state index contributed by atoms with van der Waals surface area (Å²) in [6.45, 7) is 3.74. The number of carbonyl (C=O) groups is 1. The number of aromatic nitrogens is 1. The summed E-state index contributed by atoms with van der Waals surface area (Å²) < 4.78 is 0. The third kappa shape index (κ3) is 3.16. The average molecular weight is 306 g/mol. The predicted octanol–water partition coefficient (Wildman–Crippen LogP) is 3.39. The number of benzene rings is 2. The van der Waals surface area contributed by atoms with E-state index < -0.39 is 0 Å². The maximum atomic E-state index is 12.3. The first-order valence-corrected chi connectivity index (χ1v) is 7.50. The number of hydrogen-bond acceptors (Lipinski definition) is 2. The van der Waals surface area contributed by atoms with Crippen molar-refractivity contribution in [1.29, 1.82) is 0 Å². The van der Waals surface area contributed by atoms with E-state index in [1.807, 2.05) is 61.5 Å². The van der Waals surface area contributed by atoms with Gasteiger partial charge in [0.2, 0.25) is 5.91 Å². The van der Waals surface area contributed by atoms with Crippen molar-refractivity contribution in [1.82, 2.24) is 4.98 Å². The van der Waals surface area contributed by atoms with Crippen LogP contribution in [0, 0.1) is 6.92 Å². The number of anilines is 1. The lowest BCUT2D eigenvalue weighted by Gasteiger charge is -2.21. The molecule has 1 aromatic heterocycles. The Kier molecular flexibility index (Phi) is 3.98. The standard InChI is InChI=1S/C19H18N2O2/c1-13-8-9-15-11-16(19(23)20-18(15)10-13)12-21(14(2)22)17-6-4-3-5-7-17/h3-11H,12H2,1-2H3,(H,20,23). The molecule has 0 spiro atoms. The number of H-pyrrole nitrogens is 1. The zero-order chi connectivity index (χ0) is 16.4. The normalized spacial score (nSPS) is 10.7. The molecular weight excluding hydrogens is 288 g/mol. The third-order valence-corrected chi connectivity index (χ3v) is 3.85. The molecule has 0 radical (unpaired) electrons. The van der Waals surface area contributed by atoms with Crippen molar-refractivity contribution < 1.29 is 4.79 Å². The summed E-state index contributed by atoms with van der Waals surface area (Å²) in [5.41, 5.74) is 3.09. The van der Waals surface area contributed by atoms with E-state index in [-0.39, 0.29) is 18.0 Å². The fourth-order valence-corrected chi connectivity index (χ4v) is 2.64. The van der Waals surface area contributed by atoms with Crippen LogP contribution in [0.4, 0.5) is 5.69 Å². The fraction of sp³-hybridized carbons (Fsp3) is 0.158. The minimum absolute atomic E-state index is 0.0976. The van der Waals surface area contributed by atoms with E-state index in [1.165, 1.54) is 6.92 Å². The zero-order valence-corrected chi connectivity index (χ0v) is 13.2. The third-order valence-electron chi connectivity index (χ3n) is 3.85. The first-order chi connectivity index (χ1) is 11.0. The second-order valence-corrected chi connectivity index (χ2v) is 5.66. The molecular formula is C19H18N2O2. The van der Waals surface area contributed by atoms with Gasteiger partial charge in [-0.25, -0.2) is 0 Å². The van der Waals surface area contributed by atoms with Gasteiger partial charge in [0.05, 0.1) is 6.54 Å². The molecule has 0 aliphatic rings. The molecule has 0 aliphatic heterocycles. The molecule has 0 fully saturated rings. The number of hydrogen-bond donors (Lipinski definition) is 1. The van der Waals surface area contributed by atoms with Crippen LogP contribution < -0.4 is 10.5 Å². The van der Waals surface area contributed by atoms with Gasteiger partial charge in [0.15, 0.2) is 0 Å². The van der Waals surface area contributed by atoms with Gasteiger partial charge >= 0.3 is 0 Å². The fourth-order valence-electron chi connectivity index (χ4n) is 2.64. The minimum Gasteiger partial charge on any atom is -0.322 e. The Hall–Kier alpha value is -2.88. The van der Waals surface area contributed by atoms with Crippen molar-refractivity contribution in [2.75, 3.05) is 4.90 Å². The Morgan fingerprint density at radius 1 is 1.09 bits per heavy atom. The number of rotatable bonds is 3. The molecule has 4 nitrogen and oxygen atoms in total. The van der Waals surface area contributed by atoms with E-state index in [4.69, 9.17) is 0 Å². The summed E-state index contributed by atoms with van der Waals surface area (Å²) in [5.74, 6) is -0.0976. The predicted molar refractivity (Wildman–Crippen MR) is 92.6 cm³/mol. The second kappa shape index (κ2) is 6.08. The van der Waals surface area contributed by atoms with Crippen molar-refractivity contribution in [3.63, 3.8) is 0 Å². The van der Waals surface area contributed by atoms with Gasteiger partial charge in [0.1, 0.15) is 0 Å². The molecule has 0 saturated carbocycles. The topological polar surface area (TPSA) is 53.2 Å². The van der Waals surface area contributed by atoms with Gasteiger partial charge in [-0.2, -0.15) is 0 Å². The highest BCUT2D eigenvalue weighted by molar-refractivity contribution is 5.91. The molecule has 0 aliphatic carbocycles. The van der Waals surface area contributed by atoms with Crippen molar-refractivity contribution in [3.05, 3.63) is 76.1 Å². The van der Waals surface area contributed by atoms with Crippen LogP contribution in [-0.4, -0.2) is 10.9 Å². The summed E-state index contributed by atoms with van der Waals surface area (Å²) >= 11 is 0. The summed E-state index contributed by atoms with van der Waals surface area (Å²) in [7, 11) is 0. The van der Waals surface area contributed by atoms with E-state index in [2.05, 4.69) is 4.98 Å². The number of amides is 1. The summed E-state index contributed by atoms with van der Waals surface area (Å²) in [5, 5.41) is 0.960. The van der Waals surface area contributed by atoms with Gasteiger partial charge < -0.3 is 9.88 Å². The Labute approximate surface area is 134 Å². The van der Waals surface area contributed by atoms with Crippen LogP contribution >= 0.6 is 0 Å². The van der Waals surface area contributed by atoms with E-state index >= 15 is 0 Å². The molecule has 116 valence electrons. The number of fused-ring (bicyclic) bond motifs is 1. The van der Waals surface area contributed by atoms with Gasteiger partial charge in [-0.05, 0) is 42.1 Å². The van der Waals surface area contributed by atoms with Crippen LogP contribution in [0.2, 0.25) is 0 Å². The van der Waals surface area contributed by atoms with Gasteiger partial charge in [-0.3, -0.25) is 9.59 Å². The maximum Gasteiger partial charge on any atom is 0.253 e. The number of nitrogens with zero attached hydrogens (tertiary/aromatic N) is 1. The van der Waals surface area contributed by atoms with Gasteiger partial charge in [-0.15, -0.1) is 0 Å². The first-order valence-electron chi connectivity index (χ1n) is 7.50. The molecule has 0 bridgehead atoms. The number of nitrogens with one attached hydrogen (secondary N) is 1. The number of carbonyl (C=O) groups excluding carboxylic acids is 1. The smallest absolute Gasteiger partial charge is 0.253 e. The van der Waals surface area contributed by atoms with Crippen LogP contribution in [0.5, 0.6) is 0 Å². The number of para-hydroxylation sites is 1. The van der Waals surface area contributed by atoms with Gasteiger partial charge in [-0.1, -0.05) is 30.3 Å². The Bertz CT molecular complexity index is 914. The number of aromatic amines is 1. The molecule has 1 amide bonds. The van der Waals surface area contributed by atoms with Crippen molar-refractivity contribution in [3.8, 4) is 0 Å².